The highest BCUT2D eigenvalue weighted by molar-refractivity contribution is 5.83. The summed E-state index contributed by atoms with van der Waals surface area (Å²) in [4.78, 5) is 31.1. The molecule has 2 aliphatic heterocycles. The Labute approximate surface area is 139 Å². The summed E-state index contributed by atoms with van der Waals surface area (Å²) in [5.74, 6) is 0.411. The Bertz CT molecular complexity index is 425. The maximum atomic E-state index is 12.6. The van der Waals surface area contributed by atoms with Crippen molar-refractivity contribution < 1.29 is 14.3 Å². The number of carbonyl (C=O) groups excluding carboxylic acids is 2. The van der Waals surface area contributed by atoms with Crippen molar-refractivity contribution in [3.8, 4) is 0 Å². The molecule has 0 aromatic rings. The van der Waals surface area contributed by atoms with Gasteiger partial charge in [0.15, 0.2) is 0 Å². The predicted octanol–water partition coefficient (Wildman–Crippen LogP) is 0.814. The molecule has 2 fully saturated rings. The van der Waals surface area contributed by atoms with E-state index in [-0.39, 0.29) is 23.3 Å². The third kappa shape index (κ3) is 4.23. The van der Waals surface area contributed by atoms with Crippen molar-refractivity contribution in [2.24, 2.45) is 5.41 Å². The molecule has 1 unspecified atom stereocenters. The minimum atomic E-state index is -0.294. The number of nitrogens with zero attached hydrogens (tertiary/aromatic N) is 3. The van der Waals surface area contributed by atoms with Crippen LogP contribution in [0, 0.1) is 5.41 Å². The average Bonchev–Trinajstić information content (AvgIpc) is 2.60. The molecule has 6 heteroatoms. The van der Waals surface area contributed by atoms with Crippen LogP contribution in [0.15, 0.2) is 0 Å². The van der Waals surface area contributed by atoms with Gasteiger partial charge in [-0.2, -0.15) is 0 Å². The molecule has 0 spiro atoms. The smallest absolute Gasteiger partial charge is 0.239 e. The SMILES string of the molecule is CCC(C)(C)C(=O)N1CCN(C(C)C(=O)N2CCOCC2)CC1. The number of carbonyl (C=O) groups is 2. The van der Waals surface area contributed by atoms with Crippen LogP contribution in [-0.4, -0.2) is 85.0 Å². The van der Waals surface area contributed by atoms with Gasteiger partial charge in [-0.1, -0.05) is 20.8 Å². The van der Waals surface area contributed by atoms with Crippen molar-refractivity contribution in [1.29, 1.82) is 0 Å². The average molecular weight is 325 g/mol. The summed E-state index contributed by atoms with van der Waals surface area (Å²) in [6.45, 7) is 13.6. The predicted molar refractivity (Wildman–Crippen MR) is 89.1 cm³/mol. The summed E-state index contributed by atoms with van der Waals surface area (Å²) in [6.07, 6.45) is 0.845. The van der Waals surface area contributed by atoms with Crippen LogP contribution in [0.3, 0.4) is 0 Å². The number of hydrogen-bond donors (Lipinski definition) is 0. The van der Waals surface area contributed by atoms with E-state index in [2.05, 4.69) is 11.8 Å². The lowest BCUT2D eigenvalue weighted by molar-refractivity contribution is -0.145. The minimum absolute atomic E-state index is 0.121. The van der Waals surface area contributed by atoms with E-state index < -0.39 is 0 Å². The highest BCUT2D eigenvalue weighted by Crippen LogP contribution is 2.24. The number of hydrogen-bond acceptors (Lipinski definition) is 4. The van der Waals surface area contributed by atoms with Crippen molar-refractivity contribution >= 4 is 11.8 Å². The second-order valence-electron chi connectivity index (χ2n) is 7.18. The van der Waals surface area contributed by atoms with Crippen LogP contribution in [-0.2, 0) is 14.3 Å². The number of morpholine rings is 1. The first kappa shape index (κ1) is 18.2. The van der Waals surface area contributed by atoms with Crippen molar-refractivity contribution in [1.82, 2.24) is 14.7 Å². The van der Waals surface area contributed by atoms with Gasteiger partial charge in [-0.25, -0.2) is 0 Å². The van der Waals surface area contributed by atoms with Gasteiger partial charge in [-0.3, -0.25) is 14.5 Å². The molecule has 0 saturated carbocycles. The van der Waals surface area contributed by atoms with E-state index in [0.29, 0.717) is 39.4 Å². The van der Waals surface area contributed by atoms with E-state index in [1.54, 1.807) is 0 Å². The summed E-state index contributed by atoms with van der Waals surface area (Å²) in [7, 11) is 0. The fourth-order valence-electron chi connectivity index (χ4n) is 3.10. The van der Waals surface area contributed by atoms with Gasteiger partial charge in [0.25, 0.3) is 0 Å². The van der Waals surface area contributed by atoms with Crippen molar-refractivity contribution in [2.45, 2.75) is 40.2 Å². The first-order chi connectivity index (χ1) is 10.9. The lowest BCUT2D eigenvalue weighted by Crippen LogP contribution is -2.57. The maximum Gasteiger partial charge on any atom is 0.239 e. The monoisotopic (exact) mass is 325 g/mol. The second kappa shape index (κ2) is 7.62. The van der Waals surface area contributed by atoms with Crippen LogP contribution in [0.2, 0.25) is 0 Å². The van der Waals surface area contributed by atoms with Gasteiger partial charge in [0, 0.05) is 44.7 Å². The fraction of sp³-hybridized carbons (Fsp3) is 0.882. The topological polar surface area (TPSA) is 53.1 Å². The van der Waals surface area contributed by atoms with Gasteiger partial charge >= 0.3 is 0 Å². The number of ether oxygens (including phenoxy) is 1. The highest BCUT2D eigenvalue weighted by atomic mass is 16.5. The summed E-state index contributed by atoms with van der Waals surface area (Å²) in [6, 6.07) is -0.121. The summed E-state index contributed by atoms with van der Waals surface area (Å²) >= 11 is 0. The number of rotatable bonds is 4. The third-order valence-electron chi connectivity index (χ3n) is 5.29. The fourth-order valence-corrected chi connectivity index (χ4v) is 3.10. The summed E-state index contributed by atoms with van der Waals surface area (Å²) in [5, 5.41) is 0. The van der Waals surface area contributed by atoms with Crippen LogP contribution in [0.5, 0.6) is 0 Å². The summed E-state index contributed by atoms with van der Waals surface area (Å²) in [5.41, 5.74) is -0.294. The maximum absolute atomic E-state index is 12.6. The molecule has 1 atom stereocenters. The van der Waals surface area contributed by atoms with Crippen LogP contribution in [0.25, 0.3) is 0 Å². The molecule has 132 valence electrons. The van der Waals surface area contributed by atoms with Gasteiger partial charge in [-0.15, -0.1) is 0 Å². The Morgan fingerprint density at radius 3 is 2.09 bits per heavy atom. The standard InChI is InChI=1S/C17H31N3O3/c1-5-17(3,4)16(22)20-8-6-18(7-9-20)14(2)15(21)19-10-12-23-13-11-19/h14H,5-13H2,1-4H3. The zero-order valence-electron chi connectivity index (χ0n) is 15.0. The molecule has 0 aliphatic carbocycles. The zero-order chi connectivity index (χ0) is 17.0. The zero-order valence-corrected chi connectivity index (χ0v) is 15.0. The largest absolute Gasteiger partial charge is 0.378 e. The Morgan fingerprint density at radius 2 is 1.57 bits per heavy atom. The van der Waals surface area contributed by atoms with Gasteiger partial charge < -0.3 is 14.5 Å². The van der Waals surface area contributed by atoms with Gasteiger partial charge in [0.1, 0.15) is 0 Å². The van der Waals surface area contributed by atoms with Crippen LogP contribution < -0.4 is 0 Å². The van der Waals surface area contributed by atoms with E-state index in [0.717, 1.165) is 19.5 Å². The number of amides is 2. The van der Waals surface area contributed by atoms with E-state index in [1.807, 2.05) is 30.6 Å². The molecular formula is C17H31N3O3. The molecule has 2 aliphatic rings. The first-order valence-corrected chi connectivity index (χ1v) is 8.77. The van der Waals surface area contributed by atoms with E-state index in [9.17, 15) is 9.59 Å². The van der Waals surface area contributed by atoms with E-state index >= 15 is 0 Å². The molecule has 0 N–H and O–H groups in total. The molecule has 2 rings (SSSR count). The molecular weight excluding hydrogens is 294 g/mol. The minimum Gasteiger partial charge on any atom is -0.378 e. The Balaban J connectivity index is 1.86. The molecule has 0 aromatic carbocycles. The molecule has 2 amide bonds. The van der Waals surface area contributed by atoms with E-state index in [4.69, 9.17) is 4.74 Å². The van der Waals surface area contributed by atoms with Crippen LogP contribution >= 0.6 is 0 Å². The molecule has 0 bridgehead atoms. The van der Waals surface area contributed by atoms with Crippen LogP contribution in [0.1, 0.15) is 34.1 Å². The Morgan fingerprint density at radius 1 is 1.00 bits per heavy atom. The normalized spacial score (nSPS) is 22.1. The lowest BCUT2D eigenvalue weighted by Gasteiger charge is -2.41. The lowest BCUT2D eigenvalue weighted by atomic mass is 9.88. The van der Waals surface area contributed by atoms with Crippen molar-refractivity contribution in [3.63, 3.8) is 0 Å². The Hall–Kier alpha value is -1.14. The first-order valence-electron chi connectivity index (χ1n) is 8.77. The van der Waals surface area contributed by atoms with Gasteiger partial charge in [0.2, 0.25) is 11.8 Å². The molecule has 23 heavy (non-hydrogen) atoms. The quantitative estimate of drug-likeness (QED) is 0.768. The molecule has 0 aromatic heterocycles. The molecule has 2 heterocycles. The highest BCUT2D eigenvalue weighted by Gasteiger charge is 2.34. The summed E-state index contributed by atoms with van der Waals surface area (Å²) < 4.78 is 5.31. The number of piperazine rings is 1. The molecule has 0 radical (unpaired) electrons. The molecule has 2 saturated heterocycles. The van der Waals surface area contributed by atoms with Crippen molar-refractivity contribution in [2.75, 3.05) is 52.5 Å². The second-order valence-corrected chi connectivity index (χ2v) is 7.18. The van der Waals surface area contributed by atoms with E-state index in [1.165, 1.54) is 0 Å². The third-order valence-corrected chi connectivity index (χ3v) is 5.29. The van der Waals surface area contributed by atoms with Crippen molar-refractivity contribution in [3.05, 3.63) is 0 Å². The van der Waals surface area contributed by atoms with Crippen LogP contribution in [0.4, 0.5) is 0 Å². The molecule has 6 nitrogen and oxygen atoms in total. The van der Waals surface area contributed by atoms with Gasteiger partial charge in [0.05, 0.1) is 19.3 Å². The van der Waals surface area contributed by atoms with Gasteiger partial charge in [-0.05, 0) is 13.3 Å². The Kier molecular flexibility index (Phi) is 6.03.